The summed E-state index contributed by atoms with van der Waals surface area (Å²) >= 11 is 4.19. The highest BCUT2D eigenvalue weighted by atomic mass is 127. The van der Waals surface area contributed by atoms with Crippen molar-refractivity contribution in [3.8, 4) is 0 Å². The third kappa shape index (κ3) is 3.38. The Balaban J connectivity index is 1.87. The van der Waals surface area contributed by atoms with Crippen LogP contribution in [0.15, 0.2) is 24.3 Å². The SMILES string of the molecule is O=C(NCC1CCCS1)c1cccc(I)c1. The van der Waals surface area contributed by atoms with E-state index >= 15 is 0 Å². The van der Waals surface area contributed by atoms with Crippen LogP contribution in [0.5, 0.6) is 0 Å². The van der Waals surface area contributed by atoms with Gasteiger partial charge in [0, 0.05) is 20.9 Å². The number of carbonyl (C=O) groups is 1. The molecular formula is C12H14INOS. The quantitative estimate of drug-likeness (QED) is 0.852. The molecule has 86 valence electrons. The van der Waals surface area contributed by atoms with E-state index in [1.165, 1.54) is 18.6 Å². The topological polar surface area (TPSA) is 29.1 Å². The number of thioether (sulfide) groups is 1. The third-order valence-electron chi connectivity index (χ3n) is 2.60. The van der Waals surface area contributed by atoms with E-state index in [4.69, 9.17) is 0 Å². The standard InChI is InChI=1S/C12H14INOS/c13-10-4-1-3-9(7-10)12(15)14-8-11-5-2-6-16-11/h1,3-4,7,11H,2,5-6,8H2,(H,14,15). The minimum absolute atomic E-state index is 0.0472. The van der Waals surface area contributed by atoms with E-state index in [2.05, 4.69) is 27.9 Å². The van der Waals surface area contributed by atoms with Crippen LogP contribution in [0, 0.1) is 3.57 Å². The Labute approximate surface area is 114 Å². The molecule has 1 aliphatic rings. The Kier molecular flexibility index (Phi) is 4.52. The zero-order valence-corrected chi connectivity index (χ0v) is 11.9. The van der Waals surface area contributed by atoms with Gasteiger partial charge >= 0.3 is 0 Å². The van der Waals surface area contributed by atoms with E-state index in [-0.39, 0.29) is 5.91 Å². The van der Waals surface area contributed by atoms with Gasteiger partial charge in [-0.25, -0.2) is 0 Å². The predicted octanol–water partition coefficient (Wildman–Crippen LogP) is 2.92. The molecule has 1 aromatic rings. The number of rotatable bonds is 3. The summed E-state index contributed by atoms with van der Waals surface area (Å²) in [7, 11) is 0. The van der Waals surface area contributed by atoms with Gasteiger partial charge in [0.1, 0.15) is 0 Å². The Morgan fingerprint density at radius 3 is 3.12 bits per heavy atom. The van der Waals surface area contributed by atoms with E-state index in [9.17, 15) is 4.79 Å². The van der Waals surface area contributed by atoms with Crippen LogP contribution in [0.4, 0.5) is 0 Å². The highest BCUT2D eigenvalue weighted by Gasteiger charge is 2.16. The van der Waals surface area contributed by atoms with E-state index in [0.717, 1.165) is 15.7 Å². The van der Waals surface area contributed by atoms with Crippen molar-refractivity contribution >= 4 is 40.3 Å². The van der Waals surface area contributed by atoms with Gasteiger partial charge in [-0.3, -0.25) is 4.79 Å². The average molecular weight is 347 g/mol. The summed E-state index contributed by atoms with van der Waals surface area (Å²) in [6.45, 7) is 0.801. The molecule has 0 spiro atoms. The number of nitrogens with one attached hydrogen (secondary N) is 1. The zero-order chi connectivity index (χ0) is 11.4. The van der Waals surface area contributed by atoms with Crippen LogP contribution in [0.3, 0.4) is 0 Å². The van der Waals surface area contributed by atoms with Gasteiger partial charge in [-0.1, -0.05) is 6.07 Å². The average Bonchev–Trinajstić information content (AvgIpc) is 2.78. The van der Waals surface area contributed by atoms with E-state index in [1.54, 1.807) is 0 Å². The maximum absolute atomic E-state index is 11.8. The molecule has 1 unspecified atom stereocenters. The summed E-state index contributed by atoms with van der Waals surface area (Å²) in [5, 5.41) is 3.62. The first kappa shape index (κ1) is 12.2. The summed E-state index contributed by atoms with van der Waals surface area (Å²) in [5.41, 5.74) is 0.759. The molecule has 1 saturated heterocycles. The van der Waals surface area contributed by atoms with Crippen LogP contribution in [-0.4, -0.2) is 23.5 Å². The maximum Gasteiger partial charge on any atom is 0.251 e. The number of hydrogen-bond acceptors (Lipinski definition) is 2. The zero-order valence-electron chi connectivity index (χ0n) is 8.91. The molecule has 1 fully saturated rings. The summed E-state index contributed by atoms with van der Waals surface area (Å²) in [4.78, 5) is 11.8. The molecular weight excluding hydrogens is 333 g/mol. The van der Waals surface area contributed by atoms with Crippen LogP contribution in [-0.2, 0) is 0 Å². The molecule has 1 aliphatic heterocycles. The highest BCUT2D eigenvalue weighted by Crippen LogP contribution is 2.25. The van der Waals surface area contributed by atoms with Crippen molar-refractivity contribution in [2.24, 2.45) is 0 Å². The Morgan fingerprint density at radius 2 is 2.44 bits per heavy atom. The number of benzene rings is 1. The lowest BCUT2D eigenvalue weighted by molar-refractivity contribution is 0.0953. The molecule has 0 bridgehead atoms. The molecule has 0 aliphatic carbocycles. The number of halogens is 1. The van der Waals surface area contributed by atoms with Crippen molar-refractivity contribution < 1.29 is 4.79 Å². The summed E-state index contributed by atoms with van der Waals surface area (Å²) in [6, 6.07) is 7.68. The smallest absolute Gasteiger partial charge is 0.251 e. The molecule has 2 nitrogen and oxygen atoms in total. The first-order valence-corrected chi connectivity index (χ1v) is 7.54. The first-order valence-electron chi connectivity index (χ1n) is 5.41. The van der Waals surface area contributed by atoms with Gasteiger partial charge < -0.3 is 5.32 Å². The molecule has 2 rings (SSSR count). The van der Waals surface area contributed by atoms with Crippen LogP contribution < -0.4 is 5.32 Å². The molecule has 0 radical (unpaired) electrons. The lowest BCUT2D eigenvalue weighted by Crippen LogP contribution is -2.29. The van der Waals surface area contributed by atoms with Gasteiger partial charge in [-0.2, -0.15) is 11.8 Å². The van der Waals surface area contributed by atoms with Gasteiger partial charge in [-0.15, -0.1) is 0 Å². The van der Waals surface area contributed by atoms with Crippen molar-refractivity contribution in [3.63, 3.8) is 0 Å². The highest BCUT2D eigenvalue weighted by molar-refractivity contribution is 14.1. The molecule has 16 heavy (non-hydrogen) atoms. The van der Waals surface area contributed by atoms with Gasteiger partial charge in [0.2, 0.25) is 0 Å². The first-order chi connectivity index (χ1) is 7.75. The fourth-order valence-corrected chi connectivity index (χ4v) is 3.49. The fraction of sp³-hybridized carbons (Fsp3) is 0.417. The minimum atomic E-state index is 0.0472. The molecule has 1 aromatic carbocycles. The van der Waals surface area contributed by atoms with Crippen LogP contribution in [0.25, 0.3) is 0 Å². The van der Waals surface area contributed by atoms with Crippen molar-refractivity contribution in [2.75, 3.05) is 12.3 Å². The van der Waals surface area contributed by atoms with Crippen molar-refractivity contribution in [1.29, 1.82) is 0 Å². The van der Waals surface area contributed by atoms with Crippen molar-refractivity contribution in [2.45, 2.75) is 18.1 Å². The molecule has 0 aromatic heterocycles. The monoisotopic (exact) mass is 347 g/mol. The summed E-state index contributed by atoms with van der Waals surface area (Å²) in [6.07, 6.45) is 2.52. The van der Waals surface area contributed by atoms with E-state index in [0.29, 0.717) is 5.25 Å². The lowest BCUT2D eigenvalue weighted by atomic mass is 10.2. The van der Waals surface area contributed by atoms with Gasteiger partial charge in [-0.05, 0) is 59.4 Å². The van der Waals surface area contributed by atoms with Crippen LogP contribution in [0.2, 0.25) is 0 Å². The van der Waals surface area contributed by atoms with Gasteiger partial charge in [0.25, 0.3) is 5.91 Å². The predicted molar refractivity (Wildman–Crippen MR) is 77.0 cm³/mol. The summed E-state index contributed by atoms with van der Waals surface area (Å²) < 4.78 is 1.10. The largest absolute Gasteiger partial charge is 0.351 e. The van der Waals surface area contributed by atoms with Crippen LogP contribution in [0.1, 0.15) is 23.2 Å². The number of amides is 1. The lowest BCUT2D eigenvalue weighted by Gasteiger charge is -2.10. The van der Waals surface area contributed by atoms with Gasteiger partial charge in [0.05, 0.1) is 0 Å². The van der Waals surface area contributed by atoms with E-state index < -0.39 is 0 Å². The summed E-state index contributed by atoms with van der Waals surface area (Å²) in [5.74, 6) is 1.29. The molecule has 1 atom stereocenters. The Morgan fingerprint density at radius 1 is 1.56 bits per heavy atom. The fourth-order valence-electron chi connectivity index (χ4n) is 1.74. The second-order valence-corrected chi connectivity index (χ2v) is 6.51. The minimum Gasteiger partial charge on any atom is -0.351 e. The molecule has 1 N–H and O–H groups in total. The molecule has 1 heterocycles. The number of hydrogen-bond donors (Lipinski definition) is 1. The second-order valence-electron chi connectivity index (χ2n) is 3.86. The number of carbonyl (C=O) groups excluding carboxylic acids is 1. The van der Waals surface area contributed by atoms with Gasteiger partial charge in [0.15, 0.2) is 0 Å². The maximum atomic E-state index is 11.8. The van der Waals surface area contributed by atoms with Crippen molar-refractivity contribution in [1.82, 2.24) is 5.32 Å². The molecule has 1 amide bonds. The molecule has 0 saturated carbocycles. The second kappa shape index (κ2) is 5.91. The van der Waals surface area contributed by atoms with Crippen molar-refractivity contribution in [3.05, 3.63) is 33.4 Å². The Hall–Kier alpha value is -0.230. The normalized spacial score (nSPS) is 19.7. The van der Waals surface area contributed by atoms with Crippen LogP contribution >= 0.6 is 34.4 Å². The third-order valence-corrected chi connectivity index (χ3v) is 4.67. The van der Waals surface area contributed by atoms with E-state index in [1.807, 2.05) is 36.0 Å². The molecule has 4 heteroatoms. The Bertz CT molecular complexity index is 377.